The van der Waals surface area contributed by atoms with Gasteiger partial charge in [0.1, 0.15) is 0 Å². The van der Waals surface area contributed by atoms with E-state index < -0.39 is 11.7 Å². The minimum Gasteiger partial charge on any atom is -0.494 e. The van der Waals surface area contributed by atoms with Crippen molar-refractivity contribution in [1.82, 2.24) is 0 Å². The van der Waals surface area contributed by atoms with Gasteiger partial charge >= 0.3 is 0 Å². The lowest BCUT2D eigenvalue weighted by molar-refractivity contribution is -0.0144. The van der Waals surface area contributed by atoms with Gasteiger partial charge in [-0.3, -0.25) is 0 Å². The van der Waals surface area contributed by atoms with Crippen molar-refractivity contribution in [3.63, 3.8) is 0 Å². The second-order valence-electron chi connectivity index (χ2n) is 6.56. The minimum atomic E-state index is -2.70. The van der Waals surface area contributed by atoms with Crippen LogP contribution in [0.25, 0.3) is 0 Å². The molecule has 0 aliphatic heterocycles. The fourth-order valence-corrected chi connectivity index (χ4v) is 4.00. The maximum Gasteiger partial charge on any atom is 0.248 e. The third kappa shape index (κ3) is 3.95. The molecular weight excluding hydrogens is 349 g/mol. The Morgan fingerprint density at radius 2 is 1.72 bits per heavy atom. The smallest absolute Gasteiger partial charge is 0.248 e. The zero-order valence-electron chi connectivity index (χ0n) is 13.9. The van der Waals surface area contributed by atoms with Crippen molar-refractivity contribution in [3.05, 3.63) is 64.4 Å². The molecule has 134 valence electrons. The Kier molecular flexibility index (Phi) is 5.28. The maximum absolute atomic E-state index is 14.2. The van der Waals surface area contributed by atoms with Gasteiger partial charge in [-0.15, -0.1) is 0 Å². The summed E-state index contributed by atoms with van der Waals surface area (Å²) >= 11 is 6.33. The molecule has 0 saturated heterocycles. The molecule has 0 aromatic heterocycles. The summed E-state index contributed by atoms with van der Waals surface area (Å²) in [5, 5.41) is 0.566. The van der Waals surface area contributed by atoms with Crippen LogP contribution < -0.4 is 4.74 Å². The van der Waals surface area contributed by atoms with Crippen LogP contribution in [-0.4, -0.2) is 13.0 Å². The van der Waals surface area contributed by atoms with E-state index in [0.717, 1.165) is 5.56 Å². The van der Waals surface area contributed by atoms with E-state index >= 15 is 0 Å². The molecule has 0 bridgehead atoms. The van der Waals surface area contributed by atoms with Crippen LogP contribution in [0, 0.1) is 5.82 Å². The summed E-state index contributed by atoms with van der Waals surface area (Å²) < 4.78 is 47.2. The molecule has 25 heavy (non-hydrogen) atoms. The Morgan fingerprint density at radius 1 is 1.04 bits per heavy atom. The summed E-state index contributed by atoms with van der Waals surface area (Å²) in [7, 11) is 1.40. The number of halogens is 4. The number of hydrogen-bond acceptors (Lipinski definition) is 1. The second kappa shape index (κ2) is 7.28. The zero-order valence-corrected chi connectivity index (χ0v) is 14.7. The SMILES string of the molecule is COc1ccc(C2CCC(F)(F)CCC2c2ccccc2Cl)cc1F. The molecule has 0 heterocycles. The van der Waals surface area contributed by atoms with Crippen LogP contribution >= 0.6 is 11.6 Å². The van der Waals surface area contributed by atoms with Crippen LogP contribution in [0.3, 0.4) is 0 Å². The first-order valence-electron chi connectivity index (χ1n) is 8.37. The van der Waals surface area contributed by atoms with E-state index in [4.69, 9.17) is 16.3 Å². The van der Waals surface area contributed by atoms with Crippen LogP contribution in [0.1, 0.15) is 48.6 Å². The Hall–Kier alpha value is -1.68. The molecule has 0 amide bonds. The average Bonchev–Trinajstić information content (AvgIpc) is 2.74. The molecule has 0 N–H and O–H groups in total. The number of rotatable bonds is 3. The molecular formula is C20H20ClF3O. The van der Waals surface area contributed by atoms with Gasteiger partial charge in [0.2, 0.25) is 5.92 Å². The normalized spacial score (nSPS) is 23.1. The van der Waals surface area contributed by atoms with E-state index in [1.54, 1.807) is 18.2 Å². The van der Waals surface area contributed by atoms with Gasteiger partial charge in [-0.25, -0.2) is 13.2 Å². The quantitative estimate of drug-likeness (QED) is 0.557. The predicted molar refractivity (Wildman–Crippen MR) is 93.3 cm³/mol. The highest BCUT2D eigenvalue weighted by molar-refractivity contribution is 6.31. The largest absolute Gasteiger partial charge is 0.494 e. The van der Waals surface area contributed by atoms with Crippen LogP contribution in [-0.2, 0) is 0 Å². The summed E-state index contributed by atoms with van der Waals surface area (Å²) in [6.45, 7) is 0. The number of benzene rings is 2. The lowest BCUT2D eigenvalue weighted by Crippen LogP contribution is -2.13. The number of methoxy groups -OCH3 is 1. The van der Waals surface area contributed by atoms with E-state index in [1.807, 2.05) is 18.2 Å². The lowest BCUT2D eigenvalue weighted by Gasteiger charge is -2.27. The monoisotopic (exact) mass is 368 g/mol. The number of alkyl halides is 2. The first-order chi connectivity index (χ1) is 11.9. The highest BCUT2D eigenvalue weighted by Crippen LogP contribution is 2.48. The predicted octanol–water partition coefficient (Wildman–Crippen LogP) is 6.56. The molecule has 1 saturated carbocycles. The highest BCUT2D eigenvalue weighted by Gasteiger charge is 2.38. The van der Waals surface area contributed by atoms with Crippen molar-refractivity contribution < 1.29 is 17.9 Å². The first-order valence-corrected chi connectivity index (χ1v) is 8.75. The molecule has 1 nitrogen and oxygen atoms in total. The van der Waals surface area contributed by atoms with E-state index in [0.29, 0.717) is 17.0 Å². The minimum absolute atomic E-state index is 0.150. The molecule has 2 unspecified atom stereocenters. The van der Waals surface area contributed by atoms with Gasteiger partial charge in [-0.05, 0) is 54.0 Å². The van der Waals surface area contributed by atoms with Gasteiger partial charge in [0.15, 0.2) is 11.6 Å². The molecule has 1 aliphatic rings. The number of ether oxygens (including phenoxy) is 1. The Bertz CT molecular complexity index is 747. The molecule has 3 rings (SSSR count). The fourth-order valence-electron chi connectivity index (χ4n) is 3.72. The zero-order chi connectivity index (χ0) is 18.0. The van der Waals surface area contributed by atoms with Crippen LogP contribution in [0.15, 0.2) is 42.5 Å². The van der Waals surface area contributed by atoms with Gasteiger partial charge in [0.25, 0.3) is 0 Å². The van der Waals surface area contributed by atoms with E-state index in [1.165, 1.54) is 13.2 Å². The second-order valence-corrected chi connectivity index (χ2v) is 6.97. The first kappa shape index (κ1) is 18.1. The van der Waals surface area contributed by atoms with E-state index in [2.05, 4.69) is 0 Å². The third-order valence-electron chi connectivity index (χ3n) is 5.04. The van der Waals surface area contributed by atoms with Crippen molar-refractivity contribution in [1.29, 1.82) is 0 Å². The molecule has 2 aromatic carbocycles. The van der Waals surface area contributed by atoms with Crippen LogP contribution in [0.2, 0.25) is 5.02 Å². The molecule has 2 aromatic rings. The van der Waals surface area contributed by atoms with Crippen LogP contribution in [0.5, 0.6) is 5.75 Å². The summed E-state index contributed by atoms with van der Waals surface area (Å²) in [6.07, 6.45) is 0.216. The Morgan fingerprint density at radius 3 is 2.36 bits per heavy atom. The summed E-state index contributed by atoms with van der Waals surface area (Å²) in [4.78, 5) is 0. The van der Waals surface area contributed by atoms with Crippen molar-refractivity contribution in [2.24, 2.45) is 0 Å². The third-order valence-corrected chi connectivity index (χ3v) is 5.38. The molecule has 1 fully saturated rings. The van der Waals surface area contributed by atoms with Gasteiger partial charge in [-0.2, -0.15) is 0 Å². The van der Waals surface area contributed by atoms with Crippen LogP contribution in [0.4, 0.5) is 13.2 Å². The van der Waals surface area contributed by atoms with Crippen molar-refractivity contribution in [2.45, 2.75) is 43.4 Å². The molecule has 0 radical (unpaired) electrons. The van der Waals surface area contributed by atoms with Crippen molar-refractivity contribution in [2.75, 3.05) is 7.11 Å². The lowest BCUT2D eigenvalue weighted by atomic mass is 9.78. The Balaban J connectivity index is 2.02. The summed E-state index contributed by atoms with van der Waals surface area (Å²) in [6, 6.07) is 12.0. The maximum atomic E-state index is 14.2. The van der Waals surface area contributed by atoms with E-state index in [9.17, 15) is 13.2 Å². The summed E-state index contributed by atoms with van der Waals surface area (Å²) in [5.74, 6) is -3.41. The molecule has 1 aliphatic carbocycles. The molecule has 5 heteroatoms. The standard InChI is InChI=1S/C20H20ClF3O/c1-25-19-7-6-13(12-18(19)22)14-8-10-20(23,24)11-9-15(14)16-4-2-3-5-17(16)21/h2-7,12,14-15H,8-11H2,1H3. The van der Waals surface area contributed by atoms with Crippen molar-refractivity contribution in [3.8, 4) is 5.75 Å². The van der Waals surface area contributed by atoms with Gasteiger partial charge in [-0.1, -0.05) is 35.9 Å². The summed E-state index contributed by atoms with van der Waals surface area (Å²) in [5.41, 5.74) is 1.56. The fraction of sp³-hybridized carbons (Fsp3) is 0.400. The molecule has 2 atom stereocenters. The average molecular weight is 369 g/mol. The highest BCUT2D eigenvalue weighted by atomic mass is 35.5. The van der Waals surface area contributed by atoms with Gasteiger partial charge in [0, 0.05) is 17.9 Å². The van der Waals surface area contributed by atoms with Gasteiger partial charge in [0.05, 0.1) is 7.11 Å². The van der Waals surface area contributed by atoms with Crippen molar-refractivity contribution >= 4 is 11.6 Å². The van der Waals surface area contributed by atoms with Gasteiger partial charge < -0.3 is 4.74 Å². The molecule has 0 spiro atoms. The number of hydrogen-bond donors (Lipinski definition) is 0. The Labute approximate surface area is 150 Å². The topological polar surface area (TPSA) is 9.23 Å². The van der Waals surface area contributed by atoms with E-state index in [-0.39, 0.29) is 36.8 Å².